The quantitative estimate of drug-likeness (QED) is 0.928. The van der Waals surface area contributed by atoms with Crippen molar-refractivity contribution in [3.05, 3.63) is 30.6 Å². The smallest absolute Gasteiger partial charge is 0.0880 e. The van der Waals surface area contributed by atoms with Crippen molar-refractivity contribution in [3.8, 4) is 0 Å². The van der Waals surface area contributed by atoms with Gasteiger partial charge in [0.1, 0.15) is 0 Å². The van der Waals surface area contributed by atoms with Crippen LogP contribution in [0.15, 0.2) is 30.6 Å². The number of hydrogen-bond donors (Lipinski definition) is 1. The minimum Gasteiger partial charge on any atom is -0.388 e. The molecule has 5 heteroatoms. The Morgan fingerprint density at radius 3 is 2.80 bits per heavy atom. The topological polar surface area (TPSA) is 50.5 Å². The number of aliphatic hydroxyl groups is 1. The lowest BCUT2D eigenvalue weighted by molar-refractivity contribution is -0.0654. The Labute approximate surface area is 148 Å². The molecule has 0 amide bonds. The first-order chi connectivity index (χ1) is 12.2. The van der Waals surface area contributed by atoms with Gasteiger partial charge in [0.05, 0.1) is 29.8 Å². The second-order valence-corrected chi connectivity index (χ2v) is 8.30. The molecule has 3 fully saturated rings. The summed E-state index contributed by atoms with van der Waals surface area (Å²) in [5, 5.41) is 11.4. The van der Waals surface area contributed by atoms with Crippen molar-refractivity contribution in [2.75, 3.05) is 19.8 Å². The van der Waals surface area contributed by atoms with Gasteiger partial charge in [-0.05, 0) is 56.2 Å². The van der Waals surface area contributed by atoms with Gasteiger partial charge in [0, 0.05) is 37.6 Å². The largest absolute Gasteiger partial charge is 0.388 e. The molecule has 0 radical (unpaired) electrons. The second kappa shape index (κ2) is 6.08. The van der Waals surface area contributed by atoms with Gasteiger partial charge < -0.3 is 14.4 Å². The summed E-state index contributed by atoms with van der Waals surface area (Å²) in [5.41, 5.74) is 1.53. The van der Waals surface area contributed by atoms with E-state index in [1.165, 1.54) is 19.3 Å². The number of nitrogens with zero attached hydrogens (tertiary/aromatic N) is 3. The lowest BCUT2D eigenvalue weighted by Gasteiger charge is -2.44. The van der Waals surface area contributed by atoms with Gasteiger partial charge in [-0.25, -0.2) is 0 Å². The first-order valence-electron chi connectivity index (χ1n) is 9.66. The summed E-state index contributed by atoms with van der Waals surface area (Å²) in [7, 11) is 0. The minimum atomic E-state index is -0.601. The first-order valence-corrected chi connectivity index (χ1v) is 9.66. The summed E-state index contributed by atoms with van der Waals surface area (Å²) in [6.07, 6.45) is 9.33. The molecule has 3 saturated heterocycles. The monoisotopic (exact) mass is 341 g/mol. The summed E-state index contributed by atoms with van der Waals surface area (Å²) in [6.45, 7) is 3.67. The predicted molar refractivity (Wildman–Crippen MR) is 96.4 cm³/mol. The average molecular weight is 341 g/mol. The Morgan fingerprint density at radius 1 is 1.20 bits per heavy atom. The molecule has 3 aliphatic rings. The van der Waals surface area contributed by atoms with Gasteiger partial charge in [-0.1, -0.05) is 0 Å². The Hall–Kier alpha value is -1.43. The molecule has 1 N–H and O–H groups in total. The SMILES string of the molecule is OC1(Cn2ccc3ncccc32)CC2CCC(C1)N2CC1CCOC1. The molecule has 0 aliphatic carbocycles. The summed E-state index contributed by atoms with van der Waals surface area (Å²) < 4.78 is 7.74. The van der Waals surface area contributed by atoms with E-state index in [0.29, 0.717) is 24.5 Å². The van der Waals surface area contributed by atoms with Crippen LogP contribution in [0.1, 0.15) is 32.1 Å². The van der Waals surface area contributed by atoms with Crippen LogP contribution in [0.3, 0.4) is 0 Å². The third-order valence-corrected chi connectivity index (χ3v) is 6.50. The zero-order valence-electron chi connectivity index (χ0n) is 14.7. The zero-order valence-corrected chi connectivity index (χ0v) is 14.7. The normalized spacial score (nSPS) is 35.6. The molecule has 2 aromatic rings. The summed E-state index contributed by atoms with van der Waals surface area (Å²) in [6, 6.07) is 7.17. The molecule has 5 nitrogen and oxygen atoms in total. The highest BCUT2D eigenvalue weighted by Crippen LogP contribution is 2.42. The number of ether oxygens (including phenoxy) is 1. The van der Waals surface area contributed by atoms with E-state index >= 15 is 0 Å². The van der Waals surface area contributed by atoms with E-state index < -0.39 is 5.60 Å². The summed E-state index contributed by atoms with van der Waals surface area (Å²) in [5.74, 6) is 0.689. The molecule has 2 bridgehead atoms. The van der Waals surface area contributed by atoms with E-state index in [9.17, 15) is 5.11 Å². The highest BCUT2D eigenvalue weighted by Gasteiger charge is 2.48. The van der Waals surface area contributed by atoms with Gasteiger partial charge in [0.25, 0.3) is 0 Å². The fourth-order valence-corrected chi connectivity index (χ4v) is 5.34. The molecule has 5 heterocycles. The van der Waals surface area contributed by atoms with Crippen LogP contribution >= 0.6 is 0 Å². The van der Waals surface area contributed by atoms with Crippen molar-refractivity contribution >= 4 is 11.0 Å². The van der Waals surface area contributed by atoms with Crippen LogP contribution in [0.2, 0.25) is 0 Å². The number of hydrogen-bond acceptors (Lipinski definition) is 4. The molecule has 0 saturated carbocycles. The molecule has 25 heavy (non-hydrogen) atoms. The molecule has 2 aromatic heterocycles. The van der Waals surface area contributed by atoms with Crippen LogP contribution < -0.4 is 0 Å². The van der Waals surface area contributed by atoms with E-state index in [1.54, 1.807) is 0 Å². The highest BCUT2D eigenvalue weighted by atomic mass is 16.5. The van der Waals surface area contributed by atoms with Crippen LogP contribution in [-0.4, -0.2) is 57.0 Å². The van der Waals surface area contributed by atoms with Crippen LogP contribution in [0.25, 0.3) is 11.0 Å². The van der Waals surface area contributed by atoms with Crippen molar-refractivity contribution in [2.45, 2.75) is 56.3 Å². The Kier molecular flexibility index (Phi) is 3.84. The Morgan fingerprint density at radius 2 is 2.04 bits per heavy atom. The number of pyridine rings is 1. The number of rotatable bonds is 4. The molecule has 5 rings (SSSR count). The molecule has 3 unspecified atom stereocenters. The second-order valence-electron chi connectivity index (χ2n) is 8.30. The van der Waals surface area contributed by atoms with Crippen molar-refractivity contribution in [1.82, 2.24) is 14.5 Å². The fourth-order valence-electron chi connectivity index (χ4n) is 5.34. The molecule has 134 valence electrons. The van der Waals surface area contributed by atoms with Crippen molar-refractivity contribution in [1.29, 1.82) is 0 Å². The molecule has 3 aliphatic heterocycles. The molecular formula is C20H27N3O2. The van der Waals surface area contributed by atoms with E-state index in [1.807, 2.05) is 18.3 Å². The molecule has 3 atom stereocenters. The maximum absolute atomic E-state index is 11.4. The zero-order chi connectivity index (χ0) is 16.9. The van der Waals surface area contributed by atoms with E-state index in [-0.39, 0.29) is 0 Å². The average Bonchev–Trinajstić information content (AvgIpc) is 3.30. The van der Waals surface area contributed by atoms with Crippen LogP contribution in [0, 0.1) is 5.92 Å². The standard InChI is InChI=1S/C20H27N3O2/c24-20(14-22-8-5-18-19(22)2-1-7-21-18)10-16-3-4-17(11-20)23(16)12-15-6-9-25-13-15/h1-2,5,7-8,15-17,24H,3-4,6,9-14H2. The fraction of sp³-hybridized carbons (Fsp3) is 0.650. The van der Waals surface area contributed by atoms with Crippen LogP contribution in [0.5, 0.6) is 0 Å². The van der Waals surface area contributed by atoms with Crippen molar-refractivity contribution in [2.24, 2.45) is 5.92 Å². The summed E-state index contributed by atoms with van der Waals surface area (Å²) in [4.78, 5) is 7.09. The highest BCUT2D eigenvalue weighted by molar-refractivity contribution is 5.75. The Bertz CT molecular complexity index is 738. The van der Waals surface area contributed by atoms with Crippen molar-refractivity contribution in [3.63, 3.8) is 0 Å². The van der Waals surface area contributed by atoms with E-state index in [0.717, 1.165) is 43.6 Å². The summed E-state index contributed by atoms with van der Waals surface area (Å²) >= 11 is 0. The molecule has 0 aromatic carbocycles. The lowest BCUT2D eigenvalue weighted by Crippen LogP contribution is -2.53. The van der Waals surface area contributed by atoms with Gasteiger partial charge >= 0.3 is 0 Å². The van der Waals surface area contributed by atoms with Gasteiger partial charge in [-0.2, -0.15) is 0 Å². The van der Waals surface area contributed by atoms with E-state index in [2.05, 4.69) is 26.7 Å². The molecular weight excluding hydrogens is 314 g/mol. The minimum absolute atomic E-state index is 0.532. The predicted octanol–water partition coefficient (Wildman–Crippen LogP) is 2.43. The number of fused-ring (bicyclic) bond motifs is 3. The van der Waals surface area contributed by atoms with Gasteiger partial charge in [0.15, 0.2) is 0 Å². The number of aromatic nitrogens is 2. The number of piperidine rings is 1. The van der Waals surface area contributed by atoms with Crippen LogP contribution in [0.4, 0.5) is 0 Å². The maximum Gasteiger partial charge on any atom is 0.0880 e. The third kappa shape index (κ3) is 2.88. The van der Waals surface area contributed by atoms with Crippen molar-refractivity contribution < 1.29 is 9.84 Å². The van der Waals surface area contributed by atoms with Gasteiger partial charge in [0.2, 0.25) is 0 Å². The third-order valence-electron chi connectivity index (χ3n) is 6.50. The lowest BCUT2D eigenvalue weighted by atomic mass is 9.85. The Balaban J connectivity index is 1.32. The van der Waals surface area contributed by atoms with E-state index in [4.69, 9.17) is 4.74 Å². The van der Waals surface area contributed by atoms with Gasteiger partial charge in [-0.3, -0.25) is 9.88 Å². The van der Waals surface area contributed by atoms with Crippen LogP contribution in [-0.2, 0) is 11.3 Å². The molecule has 0 spiro atoms. The maximum atomic E-state index is 11.4. The first kappa shape index (κ1) is 15.8. The van der Waals surface area contributed by atoms with Gasteiger partial charge in [-0.15, -0.1) is 0 Å².